The van der Waals surface area contributed by atoms with Crippen LogP contribution >= 0.6 is 0 Å². The summed E-state index contributed by atoms with van der Waals surface area (Å²) in [6.45, 7) is 0. The highest BCUT2D eigenvalue weighted by molar-refractivity contribution is 6.05. The molecule has 2 N–H and O–H groups in total. The maximum absolute atomic E-state index is 12.7. The second kappa shape index (κ2) is 9.61. The number of nitrogens with one attached hydrogen (secondary N) is 2. The average molecular weight is 426 g/mol. The molecule has 0 fully saturated rings. The molecular weight excluding hydrogens is 404 g/mol. The zero-order valence-corrected chi connectivity index (χ0v) is 17.7. The van der Waals surface area contributed by atoms with E-state index in [2.05, 4.69) is 20.6 Å². The van der Waals surface area contributed by atoms with Gasteiger partial charge in [0.2, 0.25) is 0 Å². The highest BCUT2D eigenvalue weighted by Gasteiger charge is 2.11. The number of rotatable bonds is 7. The number of carbonyl (C=O) groups excluding carboxylic acids is 1. The molecule has 32 heavy (non-hydrogen) atoms. The Balaban J connectivity index is 1.45. The first-order valence-electron chi connectivity index (χ1n) is 9.94. The fourth-order valence-corrected chi connectivity index (χ4v) is 3.14. The molecule has 0 saturated carbocycles. The van der Waals surface area contributed by atoms with E-state index in [9.17, 15) is 4.79 Å². The van der Waals surface area contributed by atoms with Crippen molar-refractivity contribution in [3.63, 3.8) is 0 Å². The third-order valence-corrected chi connectivity index (χ3v) is 4.81. The summed E-state index contributed by atoms with van der Waals surface area (Å²) in [6.07, 6.45) is 1.52. The molecule has 160 valence electrons. The molecule has 0 bridgehead atoms. The fraction of sp³-hybridized carbons (Fsp3) is 0.0800. The first kappa shape index (κ1) is 20.9. The minimum atomic E-state index is -0.242. The van der Waals surface area contributed by atoms with Crippen LogP contribution in [-0.4, -0.2) is 30.1 Å². The highest BCUT2D eigenvalue weighted by Crippen LogP contribution is 2.29. The van der Waals surface area contributed by atoms with E-state index < -0.39 is 0 Å². The smallest absolute Gasteiger partial charge is 0.255 e. The Labute approximate surface area is 186 Å². The van der Waals surface area contributed by atoms with Gasteiger partial charge in [-0.1, -0.05) is 30.3 Å². The third kappa shape index (κ3) is 4.84. The Morgan fingerprint density at radius 3 is 2.34 bits per heavy atom. The summed E-state index contributed by atoms with van der Waals surface area (Å²) in [5, 5.41) is 6.11. The number of amides is 1. The van der Waals surface area contributed by atoms with E-state index >= 15 is 0 Å². The van der Waals surface area contributed by atoms with Crippen LogP contribution in [0.4, 0.5) is 17.2 Å². The standard InChI is InChI=1S/C25H22N4O3/c1-31-20-12-13-21(23(14-20)32-2)29-25(30)18-8-10-19(11-9-18)28-24-15-22(26-16-27-24)17-6-4-3-5-7-17/h3-16H,1-2H3,(H,29,30)(H,26,27,28). The molecule has 0 radical (unpaired) electrons. The normalized spacial score (nSPS) is 10.3. The van der Waals surface area contributed by atoms with Crippen LogP contribution in [0.3, 0.4) is 0 Å². The summed E-state index contributed by atoms with van der Waals surface area (Å²) in [4.78, 5) is 21.3. The number of carbonyl (C=O) groups is 1. The van der Waals surface area contributed by atoms with Gasteiger partial charge >= 0.3 is 0 Å². The molecule has 4 rings (SSSR count). The number of methoxy groups -OCH3 is 2. The molecule has 7 heteroatoms. The van der Waals surface area contributed by atoms with Crippen molar-refractivity contribution in [1.82, 2.24) is 9.97 Å². The van der Waals surface area contributed by atoms with Gasteiger partial charge in [-0.05, 0) is 36.4 Å². The Hall–Kier alpha value is -4.39. The molecule has 1 amide bonds. The van der Waals surface area contributed by atoms with Crippen molar-refractivity contribution in [2.45, 2.75) is 0 Å². The molecule has 0 aliphatic heterocycles. The Bertz CT molecular complexity index is 1210. The van der Waals surface area contributed by atoms with Crippen LogP contribution in [0.5, 0.6) is 11.5 Å². The number of ether oxygens (including phenoxy) is 2. The quantitative estimate of drug-likeness (QED) is 0.425. The average Bonchev–Trinajstić information content (AvgIpc) is 2.85. The molecule has 4 aromatic rings. The number of hydrogen-bond donors (Lipinski definition) is 2. The maximum atomic E-state index is 12.7. The van der Waals surface area contributed by atoms with Crippen LogP contribution in [0.15, 0.2) is 85.2 Å². The molecule has 1 heterocycles. The number of hydrogen-bond acceptors (Lipinski definition) is 6. The topological polar surface area (TPSA) is 85.4 Å². The van der Waals surface area contributed by atoms with Crippen molar-refractivity contribution in [1.29, 1.82) is 0 Å². The monoisotopic (exact) mass is 426 g/mol. The minimum Gasteiger partial charge on any atom is -0.497 e. The van der Waals surface area contributed by atoms with Gasteiger partial charge in [-0.3, -0.25) is 4.79 Å². The highest BCUT2D eigenvalue weighted by atomic mass is 16.5. The molecule has 0 atom stereocenters. The van der Waals surface area contributed by atoms with Crippen LogP contribution in [0.2, 0.25) is 0 Å². The first-order valence-corrected chi connectivity index (χ1v) is 9.94. The Morgan fingerprint density at radius 2 is 1.62 bits per heavy atom. The van der Waals surface area contributed by atoms with Crippen molar-refractivity contribution < 1.29 is 14.3 Å². The maximum Gasteiger partial charge on any atom is 0.255 e. The Kier molecular flexibility index (Phi) is 6.27. The second-order valence-corrected chi connectivity index (χ2v) is 6.88. The van der Waals surface area contributed by atoms with Gasteiger partial charge in [0.15, 0.2) is 0 Å². The van der Waals surface area contributed by atoms with E-state index in [0.29, 0.717) is 28.6 Å². The lowest BCUT2D eigenvalue weighted by atomic mass is 10.1. The van der Waals surface area contributed by atoms with Gasteiger partial charge in [-0.15, -0.1) is 0 Å². The van der Waals surface area contributed by atoms with Crippen LogP contribution < -0.4 is 20.1 Å². The second-order valence-electron chi connectivity index (χ2n) is 6.88. The van der Waals surface area contributed by atoms with E-state index in [4.69, 9.17) is 9.47 Å². The number of aromatic nitrogens is 2. The minimum absolute atomic E-state index is 0.242. The van der Waals surface area contributed by atoms with Gasteiger partial charge in [0.25, 0.3) is 5.91 Å². The van der Waals surface area contributed by atoms with Crippen LogP contribution in [0.1, 0.15) is 10.4 Å². The van der Waals surface area contributed by atoms with Crippen LogP contribution in [0.25, 0.3) is 11.3 Å². The number of benzene rings is 3. The zero-order valence-electron chi connectivity index (χ0n) is 17.7. The molecule has 1 aromatic heterocycles. The molecule has 0 aliphatic carbocycles. The van der Waals surface area contributed by atoms with E-state index in [1.165, 1.54) is 6.33 Å². The van der Waals surface area contributed by atoms with Crippen LogP contribution in [0, 0.1) is 0 Å². The van der Waals surface area contributed by atoms with Crippen molar-refractivity contribution in [3.8, 4) is 22.8 Å². The van der Waals surface area contributed by atoms with Crippen molar-refractivity contribution in [2.24, 2.45) is 0 Å². The number of nitrogens with zero attached hydrogens (tertiary/aromatic N) is 2. The van der Waals surface area contributed by atoms with Crippen molar-refractivity contribution in [3.05, 3.63) is 90.8 Å². The number of anilines is 3. The van der Waals surface area contributed by atoms with Gasteiger partial charge in [0.1, 0.15) is 23.6 Å². The first-order chi connectivity index (χ1) is 15.7. The lowest BCUT2D eigenvalue weighted by molar-refractivity contribution is 0.102. The summed E-state index contributed by atoms with van der Waals surface area (Å²) in [5.41, 5.74) is 3.73. The van der Waals surface area contributed by atoms with E-state index in [0.717, 1.165) is 16.9 Å². The molecule has 7 nitrogen and oxygen atoms in total. The van der Waals surface area contributed by atoms with Gasteiger partial charge < -0.3 is 20.1 Å². The lowest BCUT2D eigenvalue weighted by Crippen LogP contribution is -2.12. The lowest BCUT2D eigenvalue weighted by Gasteiger charge is -2.12. The summed E-state index contributed by atoms with van der Waals surface area (Å²) < 4.78 is 10.5. The van der Waals surface area contributed by atoms with Crippen molar-refractivity contribution in [2.75, 3.05) is 24.9 Å². The van der Waals surface area contributed by atoms with Gasteiger partial charge in [0.05, 0.1) is 25.6 Å². The van der Waals surface area contributed by atoms with E-state index in [-0.39, 0.29) is 5.91 Å². The Morgan fingerprint density at radius 1 is 0.844 bits per heavy atom. The molecule has 0 aliphatic rings. The summed E-state index contributed by atoms with van der Waals surface area (Å²) in [6, 6.07) is 24.1. The zero-order chi connectivity index (χ0) is 22.3. The van der Waals surface area contributed by atoms with Crippen LogP contribution in [-0.2, 0) is 0 Å². The van der Waals surface area contributed by atoms with Crippen molar-refractivity contribution >= 4 is 23.1 Å². The molecule has 0 spiro atoms. The summed E-state index contributed by atoms with van der Waals surface area (Å²) >= 11 is 0. The van der Waals surface area contributed by atoms with Gasteiger partial charge in [-0.2, -0.15) is 0 Å². The predicted molar refractivity (Wildman–Crippen MR) is 125 cm³/mol. The molecule has 0 unspecified atom stereocenters. The SMILES string of the molecule is COc1ccc(NC(=O)c2ccc(Nc3cc(-c4ccccc4)ncn3)cc2)c(OC)c1. The third-order valence-electron chi connectivity index (χ3n) is 4.81. The molecule has 0 saturated heterocycles. The predicted octanol–water partition coefficient (Wildman–Crippen LogP) is 5.16. The summed E-state index contributed by atoms with van der Waals surface area (Å²) in [7, 11) is 3.12. The van der Waals surface area contributed by atoms with E-state index in [1.807, 2.05) is 48.5 Å². The van der Waals surface area contributed by atoms with Gasteiger partial charge in [-0.25, -0.2) is 9.97 Å². The van der Waals surface area contributed by atoms with Gasteiger partial charge in [0, 0.05) is 28.9 Å². The largest absolute Gasteiger partial charge is 0.497 e. The molecular formula is C25H22N4O3. The molecule has 3 aromatic carbocycles. The fourth-order valence-electron chi connectivity index (χ4n) is 3.14. The summed E-state index contributed by atoms with van der Waals surface area (Å²) in [5.74, 6) is 1.59. The van der Waals surface area contributed by atoms with E-state index in [1.54, 1.807) is 44.6 Å².